The lowest BCUT2D eigenvalue weighted by atomic mass is 9.86. The van der Waals surface area contributed by atoms with E-state index in [4.69, 9.17) is 10.5 Å². The SMILES string of the molecule is CC(C)(C)OC(=O)N1CCC(C2C(=O)Nc3ccc(N=C(N)c4cccs4)cc32)C1. The number of benzene rings is 1. The van der Waals surface area contributed by atoms with Crippen molar-refractivity contribution in [1.82, 2.24) is 4.90 Å². The molecule has 7 nitrogen and oxygen atoms in total. The molecule has 2 amide bonds. The fraction of sp³-hybridized carbons (Fsp3) is 0.409. The van der Waals surface area contributed by atoms with Crippen LogP contribution in [0.4, 0.5) is 16.2 Å². The van der Waals surface area contributed by atoms with E-state index in [-0.39, 0.29) is 23.8 Å². The molecule has 0 spiro atoms. The molecular formula is C22H26N4O3S. The lowest BCUT2D eigenvalue weighted by molar-refractivity contribution is -0.118. The van der Waals surface area contributed by atoms with Gasteiger partial charge in [0.25, 0.3) is 0 Å². The quantitative estimate of drug-likeness (QED) is 0.571. The predicted molar refractivity (Wildman–Crippen MR) is 118 cm³/mol. The van der Waals surface area contributed by atoms with E-state index in [1.165, 1.54) is 11.3 Å². The summed E-state index contributed by atoms with van der Waals surface area (Å²) in [6.45, 7) is 6.63. The maximum absolute atomic E-state index is 12.7. The van der Waals surface area contributed by atoms with E-state index in [0.29, 0.717) is 24.6 Å². The summed E-state index contributed by atoms with van der Waals surface area (Å²) >= 11 is 1.53. The van der Waals surface area contributed by atoms with Crippen molar-refractivity contribution in [2.24, 2.45) is 16.6 Å². The Balaban J connectivity index is 1.54. The molecule has 30 heavy (non-hydrogen) atoms. The lowest BCUT2D eigenvalue weighted by Crippen LogP contribution is -2.36. The van der Waals surface area contributed by atoms with E-state index in [2.05, 4.69) is 10.3 Å². The maximum Gasteiger partial charge on any atom is 0.410 e. The smallest absolute Gasteiger partial charge is 0.410 e. The summed E-state index contributed by atoms with van der Waals surface area (Å²) in [5.74, 6) is 0.141. The van der Waals surface area contributed by atoms with Gasteiger partial charge in [-0.25, -0.2) is 9.79 Å². The van der Waals surface area contributed by atoms with Gasteiger partial charge in [-0.3, -0.25) is 4.79 Å². The Labute approximate surface area is 179 Å². The molecule has 2 atom stereocenters. The van der Waals surface area contributed by atoms with Gasteiger partial charge >= 0.3 is 6.09 Å². The summed E-state index contributed by atoms with van der Waals surface area (Å²) in [4.78, 5) is 32.3. The first-order valence-corrected chi connectivity index (χ1v) is 10.9. The number of thiophene rings is 1. The molecule has 0 radical (unpaired) electrons. The van der Waals surface area contributed by atoms with E-state index < -0.39 is 5.60 Å². The number of ether oxygens (including phenoxy) is 1. The van der Waals surface area contributed by atoms with Crippen molar-refractivity contribution in [3.05, 3.63) is 46.2 Å². The van der Waals surface area contributed by atoms with Crippen LogP contribution >= 0.6 is 11.3 Å². The number of aliphatic imine (C=N–C) groups is 1. The molecule has 8 heteroatoms. The molecule has 3 heterocycles. The number of nitrogens with two attached hydrogens (primary N) is 1. The Morgan fingerprint density at radius 3 is 2.83 bits per heavy atom. The van der Waals surface area contributed by atoms with Crippen LogP contribution in [0.2, 0.25) is 0 Å². The number of carbonyl (C=O) groups excluding carboxylic acids is 2. The molecule has 2 aliphatic rings. The van der Waals surface area contributed by atoms with Gasteiger partial charge in [0.1, 0.15) is 11.4 Å². The standard InChI is InChI=1S/C22H26N4O3S/c1-22(2,3)29-21(28)26-9-8-13(12-26)18-15-11-14(6-7-16(15)25-20(18)27)24-19(23)17-5-4-10-30-17/h4-7,10-11,13,18H,8-9,12H2,1-3H3,(H2,23,24)(H,25,27). The molecule has 4 rings (SSSR count). The Kier molecular flexibility index (Phi) is 5.27. The van der Waals surface area contributed by atoms with Gasteiger partial charge in [-0.2, -0.15) is 0 Å². The zero-order valence-corrected chi connectivity index (χ0v) is 18.2. The lowest BCUT2D eigenvalue weighted by Gasteiger charge is -2.25. The van der Waals surface area contributed by atoms with Gasteiger partial charge in [0.15, 0.2) is 0 Å². The summed E-state index contributed by atoms with van der Waals surface area (Å²) in [6, 6.07) is 9.50. The van der Waals surface area contributed by atoms with E-state index >= 15 is 0 Å². The molecule has 1 aromatic heterocycles. The first-order chi connectivity index (χ1) is 14.2. The third-order valence-corrected chi connectivity index (χ3v) is 6.17. The van der Waals surface area contributed by atoms with Crippen LogP contribution < -0.4 is 11.1 Å². The average molecular weight is 427 g/mol. The first kappa shape index (κ1) is 20.4. The monoisotopic (exact) mass is 426 g/mol. The molecule has 0 saturated carbocycles. The number of amides is 2. The fourth-order valence-electron chi connectivity index (χ4n) is 3.98. The second-order valence-electron chi connectivity index (χ2n) is 8.69. The topological polar surface area (TPSA) is 97.0 Å². The molecule has 2 aromatic rings. The van der Waals surface area contributed by atoms with Gasteiger partial charge in [0.2, 0.25) is 5.91 Å². The summed E-state index contributed by atoms with van der Waals surface area (Å²) in [6.07, 6.45) is 0.424. The Hall–Kier alpha value is -2.87. The number of fused-ring (bicyclic) bond motifs is 1. The average Bonchev–Trinajstić information content (AvgIpc) is 3.39. The molecule has 1 fully saturated rings. The summed E-state index contributed by atoms with van der Waals surface area (Å²) in [7, 11) is 0. The number of carbonyl (C=O) groups is 2. The van der Waals surface area contributed by atoms with E-state index in [1.54, 1.807) is 4.90 Å². The van der Waals surface area contributed by atoms with Gasteiger partial charge in [-0.15, -0.1) is 11.3 Å². The normalized spacial score (nSPS) is 21.5. The van der Waals surface area contributed by atoms with Crippen LogP contribution in [0.3, 0.4) is 0 Å². The third-order valence-electron chi connectivity index (χ3n) is 5.28. The highest BCUT2D eigenvalue weighted by Gasteiger charge is 2.41. The summed E-state index contributed by atoms with van der Waals surface area (Å²) in [5.41, 5.74) is 8.01. The molecule has 3 N–H and O–H groups in total. The second-order valence-corrected chi connectivity index (χ2v) is 9.64. The highest BCUT2D eigenvalue weighted by atomic mass is 32.1. The van der Waals surface area contributed by atoms with E-state index in [0.717, 1.165) is 22.5 Å². The number of rotatable bonds is 3. The number of nitrogens with zero attached hydrogens (tertiary/aromatic N) is 2. The van der Waals surface area contributed by atoms with Crippen LogP contribution in [-0.4, -0.2) is 41.4 Å². The molecule has 1 aromatic carbocycles. The summed E-state index contributed by atoms with van der Waals surface area (Å²) in [5, 5.41) is 4.92. The van der Waals surface area contributed by atoms with Gasteiger partial charge in [0, 0.05) is 18.8 Å². The number of nitrogens with one attached hydrogen (secondary N) is 1. The number of amidine groups is 1. The predicted octanol–water partition coefficient (Wildman–Crippen LogP) is 4.08. The van der Waals surface area contributed by atoms with Gasteiger partial charge in [-0.05, 0) is 68.3 Å². The third kappa shape index (κ3) is 4.18. The minimum Gasteiger partial charge on any atom is -0.444 e. The van der Waals surface area contributed by atoms with E-state index in [9.17, 15) is 9.59 Å². The number of likely N-dealkylation sites (tertiary alicyclic amines) is 1. The molecule has 0 bridgehead atoms. The van der Waals surface area contributed by atoms with Gasteiger partial charge < -0.3 is 20.7 Å². The van der Waals surface area contributed by atoms with Crippen LogP contribution in [0.25, 0.3) is 0 Å². The van der Waals surface area contributed by atoms with Crippen molar-refractivity contribution in [2.45, 2.75) is 38.7 Å². The number of anilines is 1. The molecule has 2 unspecified atom stereocenters. The summed E-state index contributed by atoms with van der Waals surface area (Å²) < 4.78 is 5.48. The zero-order chi connectivity index (χ0) is 21.5. The van der Waals surface area contributed by atoms with Crippen molar-refractivity contribution in [2.75, 3.05) is 18.4 Å². The Morgan fingerprint density at radius 2 is 2.13 bits per heavy atom. The van der Waals surface area contributed by atoms with Crippen molar-refractivity contribution in [3.8, 4) is 0 Å². The first-order valence-electron chi connectivity index (χ1n) is 10.0. The van der Waals surface area contributed by atoms with Crippen molar-refractivity contribution < 1.29 is 14.3 Å². The highest BCUT2D eigenvalue weighted by molar-refractivity contribution is 7.12. The van der Waals surface area contributed by atoms with Gasteiger partial charge in [0.05, 0.1) is 16.5 Å². The van der Waals surface area contributed by atoms with Crippen LogP contribution in [0.5, 0.6) is 0 Å². The van der Waals surface area contributed by atoms with Crippen molar-refractivity contribution in [1.29, 1.82) is 0 Å². The fourth-order valence-corrected chi connectivity index (χ4v) is 4.61. The van der Waals surface area contributed by atoms with Crippen LogP contribution in [0.1, 0.15) is 43.6 Å². The largest absolute Gasteiger partial charge is 0.444 e. The molecule has 0 aliphatic carbocycles. The number of hydrogen-bond acceptors (Lipinski definition) is 5. The van der Waals surface area contributed by atoms with Crippen LogP contribution in [-0.2, 0) is 9.53 Å². The minimum absolute atomic E-state index is 0.0339. The highest BCUT2D eigenvalue weighted by Crippen LogP contribution is 2.42. The molecule has 2 aliphatic heterocycles. The zero-order valence-electron chi connectivity index (χ0n) is 17.3. The molecule has 158 valence electrons. The minimum atomic E-state index is -0.540. The van der Waals surface area contributed by atoms with Crippen LogP contribution in [0.15, 0.2) is 40.7 Å². The molecular weight excluding hydrogens is 400 g/mol. The van der Waals surface area contributed by atoms with Crippen molar-refractivity contribution >= 4 is 40.5 Å². The van der Waals surface area contributed by atoms with Crippen LogP contribution in [0, 0.1) is 5.92 Å². The maximum atomic E-state index is 12.7. The Morgan fingerprint density at radius 1 is 1.33 bits per heavy atom. The van der Waals surface area contributed by atoms with Crippen molar-refractivity contribution in [3.63, 3.8) is 0 Å². The Bertz CT molecular complexity index is 994. The van der Waals surface area contributed by atoms with Gasteiger partial charge in [-0.1, -0.05) is 6.07 Å². The molecule has 1 saturated heterocycles. The van der Waals surface area contributed by atoms with E-state index in [1.807, 2.05) is 56.5 Å². The second kappa shape index (κ2) is 7.75. The number of hydrogen-bond donors (Lipinski definition) is 2.